The molecule has 2 rings (SSSR count). The van der Waals surface area contributed by atoms with Crippen molar-refractivity contribution >= 4 is 0 Å². The summed E-state index contributed by atoms with van der Waals surface area (Å²) < 4.78 is 0. The van der Waals surface area contributed by atoms with Crippen molar-refractivity contribution in [1.29, 1.82) is 0 Å². The Morgan fingerprint density at radius 3 is 2.63 bits per heavy atom. The van der Waals surface area contributed by atoms with E-state index in [0.29, 0.717) is 5.92 Å². The van der Waals surface area contributed by atoms with Crippen molar-refractivity contribution in [3.05, 3.63) is 53.6 Å². The highest BCUT2D eigenvalue weighted by molar-refractivity contribution is 5.21. The molecule has 0 aliphatic carbocycles. The Kier molecular flexibility index (Phi) is 3.93. The van der Waals surface area contributed by atoms with Gasteiger partial charge in [-0.1, -0.05) is 33.8 Å². The van der Waals surface area contributed by atoms with Crippen LogP contribution >= 0.6 is 0 Å². The summed E-state index contributed by atoms with van der Waals surface area (Å²) in [4.78, 5) is 4.41. The first-order chi connectivity index (χ1) is 8.97. The molecule has 0 bridgehead atoms. The summed E-state index contributed by atoms with van der Waals surface area (Å²) in [6, 6.07) is 8.21. The minimum Gasteiger partial charge on any atom is -0.261 e. The molecule has 0 fully saturated rings. The minimum absolute atomic E-state index is 0.0389. The van der Waals surface area contributed by atoms with Crippen LogP contribution in [-0.4, -0.2) is 15.2 Å². The first-order valence-electron chi connectivity index (χ1n) is 6.70. The standard InChI is InChI=1S/C16H21N3/c1-12(14-7-5-6-8-17-14)9-13-10-15(16(2,3)4)19-18-11-13/h5-8,10-12H,9H2,1-4H3. The smallest absolute Gasteiger partial charge is 0.0687 e. The summed E-state index contributed by atoms with van der Waals surface area (Å²) in [5.41, 5.74) is 3.42. The zero-order valence-electron chi connectivity index (χ0n) is 12.1. The molecule has 2 aromatic heterocycles. The fourth-order valence-electron chi connectivity index (χ4n) is 2.01. The lowest BCUT2D eigenvalue weighted by atomic mass is 9.90. The first-order valence-corrected chi connectivity index (χ1v) is 6.70. The quantitative estimate of drug-likeness (QED) is 0.842. The third-order valence-electron chi connectivity index (χ3n) is 3.21. The molecule has 0 saturated heterocycles. The second-order valence-electron chi connectivity index (χ2n) is 6.06. The Bertz CT molecular complexity index is 529. The highest BCUT2D eigenvalue weighted by Crippen LogP contribution is 2.22. The van der Waals surface area contributed by atoms with Crippen molar-refractivity contribution in [3.63, 3.8) is 0 Å². The number of hydrogen-bond acceptors (Lipinski definition) is 3. The monoisotopic (exact) mass is 255 g/mol. The zero-order valence-corrected chi connectivity index (χ0v) is 12.1. The van der Waals surface area contributed by atoms with Gasteiger partial charge in [-0.25, -0.2) is 0 Å². The van der Waals surface area contributed by atoms with Crippen LogP contribution < -0.4 is 0 Å². The van der Waals surface area contributed by atoms with Gasteiger partial charge in [0.05, 0.1) is 11.9 Å². The summed E-state index contributed by atoms with van der Waals surface area (Å²) in [5, 5.41) is 8.35. The molecule has 0 radical (unpaired) electrons. The van der Waals surface area contributed by atoms with Crippen molar-refractivity contribution in [3.8, 4) is 0 Å². The predicted octanol–water partition coefficient (Wildman–Crippen LogP) is 3.52. The third-order valence-corrected chi connectivity index (χ3v) is 3.21. The number of hydrogen-bond donors (Lipinski definition) is 0. The Balaban J connectivity index is 2.16. The molecule has 0 aliphatic rings. The van der Waals surface area contributed by atoms with Crippen LogP contribution in [0.5, 0.6) is 0 Å². The molecular weight excluding hydrogens is 234 g/mol. The van der Waals surface area contributed by atoms with Crippen LogP contribution in [0.25, 0.3) is 0 Å². The summed E-state index contributed by atoms with van der Waals surface area (Å²) in [6.45, 7) is 8.66. The van der Waals surface area contributed by atoms with Gasteiger partial charge in [0, 0.05) is 23.2 Å². The first kappa shape index (κ1) is 13.7. The van der Waals surface area contributed by atoms with Crippen LogP contribution in [0.1, 0.15) is 50.6 Å². The van der Waals surface area contributed by atoms with E-state index in [4.69, 9.17) is 0 Å². The molecule has 0 aliphatic heterocycles. The lowest BCUT2D eigenvalue weighted by Gasteiger charge is -2.18. The molecule has 2 aromatic rings. The summed E-state index contributed by atoms with van der Waals surface area (Å²) >= 11 is 0. The summed E-state index contributed by atoms with van der Waals surface area (Å²) in [6.07, 6.45) is 4.64. The maximum absolute atomic E-state index is 4.41. The van der Waals surface area contributed by atoms with Crippen LogP contribution in [0.2, 0.25) is 0 Å². The van der Waals surface area contributed by atoms with Crippen LogP contribution in [0.15, 0.2) is 36.7 Å². The molecule has 0 spiro atoms. The maximum atomic E-state index is 4.41. The Morgan fingerprint density at radius 2 is 2.00 bits per heavy atom. The molecule has 3 nitrogen and oxygen atoms in total. The largest absolute Gasteiger partial charge is 0.261 e. The number of pyridine rings is 1. The Hall–Kier alpha value is -1.77. The highest BCUT2D eigenvalue weighted by Gasteiger charge is 2.17. The molecule has 0 N–H and O–H groups in total. The van der Waals surface area contributed by atoms with Crippen molar-refractivity contribution in [2.24, 2.45) is 0 Å². The molecule has 3 heteroatoms. The van der Waals surface area contributed by atoms with E-state index in [9.17, 15) is 0 Å². The van der Waals surface area contributed by atoms with Gasteiger partial charge >= 0.3 is 0 Å². The molecule has 0 amide bonds. The zero-order chi connectivity index (χ0) is 13.9. The van der Waals surface area contributed by atoms with Gasteiger partial charge in [-0.05, 0) is 30.2 Å². The second-order valence-corrected chi connectivity index (χ2v) is 6.06. The van der Waals surface area contributed by atoms with Crippen molar-refractivity contribution in [2.75, 3.05) is 0 Å². The molecular formula is C16H21N3. The number of nitrogens with zero attached hydrogens (tertiary/aromatic N) is 3. The Morgan fingerprint density at radius 1 is 1.21 bits per heavy atom. The van der Waals surface area contributed by atoms with Crippen LogP contribution in [0.3, 0.4) is 0 Å². The van der Waals surface area contributed by atoms with Gasteiger partial charge < -0.3 is 0 Å². The lowest BCUT2D eigenvalue weighted by Crippen LogP contribution is -2.15. The van der Waals surface area contributed by atoms with Crippen molar-refractivity contribution < 1.29 is 0 Å². The molecule has 1 atom stereocenters. The Labute approximate surface area is 115 Å². The topological polar surface area (TPSA) is 38.7 Å². The molecule has 0 saturated carbocycles. The summed E-state index contributed by atoms with van der Waals surface area (Å²) in [5.74, 6) is 0.387. The predicted molar refractivity (Wildman–Crippen MR) is 77.1 cm³/mol. The van der Waals surface area contributed by atoms with Crippen molar-refractivity contribution in [1.82, 2.24) is 15.2 Å². The van der Waals surface area contributed by atoms with Crippen LogP contribution in [-0.2, 0) is 11.8 Å². The van der Waals surface area contributed by atoms with Gasteiger partial charge in [-0.15, -0.1) is 0 Å². The van der Waals surface area contributed by atoms with Gasteiger partial charge in [0.25, 0.3) is 0 Å². The van der Waals surface area contributed by atoms with E-state index >= 15 is 0 Å². The van der Waals surface area contributed by atoms with Gasteiger partial charge in [-0.3, -0.25) is 4.98 Å². The van der Waals surface area contributed by atoms with Gasteiger partial charge in [0.15, 0.2) is 0 Å². The fraction of sp³-hybridized carbons (Fsp3) is 0.438. The van der Waals surface area contributed by atoms with Gasteiger partial charge in [0.1, 0.15) is 0 Å². The number of rotatable bonds is 3. The number of aromatic nitrogens is 3. The average Bonchev–Trinajstić information content (AvgIpc) is 2.39. The van der Waals surface area contributed by atoms with E-state index in [2.05, 4.69) is 55.0 Å². The van der Waals surface area contributed by atoms with Gasteiger partial charge in [0.2, 0.25) is 0 Å². The lowest BCUT2D eigenvalue weighted by molar-refractivity contribution is 0.555. The molecule has 2 heterocycles. The second kappa shape index (κ2) is 5.47. The molecule has 0 aromatic carbocycles. The van der Waals surface area contributed by atoms with E-state index < -0.39 is 0 Å². The van der Waals surface area contributed by atoms with Crippen LogP contribution in [0.4, 0.5) is 0 Å². The van der Waals surface area contributed by atoms with E-state index in [1.165, 1.54) is 5.56 Å². The fourth-order valence-corrected chi connectivity index (χ4v) is 2.01. The van der Waals surface area contributed by atoms with Crippen LogP contribution in [0, 0.1) is 0 Å². The minimum atomic E-state index is 0.0389. The maximum Gasteiger partial charge on any atom is 0.0687 e. The van der Waals surface area contributed by atoms with E-state index in [0.717, 1.165) is 17.8 Å². The molecule has 19 heavy (non-hydrogen) atoms. The molecule has 100 valence electrons. The molecule has 1 unspecified atom stereocenters. The normalized spacial score (nSPS) is 13.3. The van der Waals surface area contributed by atoms with E-state index in [1.54, 1.807) is 0 Å². The summed E-state index contributed by atoms with van der Waals surface area (Å²) in [7, 11) is 0. The SMILES string of the molecule is CC(Cc1cnnc(C(C)(C)C)c1)c1ccccn1. The van der Waals surface area contributed by atoms with Gasteiger partial charge in [-0.2, -0.15) is 10.2 Å². The van der Waals surface area contributed by atoms with E-state index in [-0.39, 0.29) is 5.41 Å². The third kappa shape index (κ3) is 3.60. The van der Waals surface area contributed by atoms with E-state index in [1.807, 2.05) is 24.5 Å². The average molecular weight is 255 g/mol. The highest BCUT2D eigenvalue weighted by atomic mass is 15.1. The van der Waals surface area contributed by atoms with Crippen molar-refractivity contribution in [2.45, 2.75) is 45.4 Å².